The molecule has 0 aromatic heterocycles. The maximum absolute atomic E-state index is 12.4. The first-order valence-electron chi connectivity index (χ1n) is 7.40. The van der Waals surface area contributed by atoms with Gasteiger partial charge in [0, 0.05) is 19.1 Å². The van der Waals surface area contributed by atoms with E-state index in [0.717, 1.165) is 18.4 Å². The topological polar surface area (TPSA) is 58.2 Å². The summed E-state index contributed by atoms with van der Waals surface area (Å²) in [7, 11) is -3.54. The molecule has 0 unspecified atom stereocenters. The van der Waals surface area contributed by atoms with Crippen LogP contribution >= 0.6 is 11.6 Å². The van der Waals surface area contributed by atoms with Crippen molar-refractivity contribution in [1.82, 2.24) is 10.0 Å². The van der Waals surface area contributed by atoms with E-state index in [-0.39, 0.29) is 15.3 Å². The summed E-state index contributed by atoms with van der Waals surface area (Å²) in [5.41, 5.74) is 1.08. The van der Waals surface area contributed by atoms with Crippen molar-refractivity contribution in [3.8, 4) is 0 Å². The minimum atomic E-state index is -3.54. The molecule has 2 N–H and O–H groups in total. The molecular weight excluding hydrogens is 308 g/mol. The third-order valence-corrected chi connectivity index (χ3v) is 6.13. The molecule has 3 rings (SSSR count). The molecule has 116 valence electrons. The molecule has 0 radical (unpaired) electrons. The lowest BCUT2D eigenvalue weighted by molar-refractivity contribution is 0.530. The largest absolute Gasteiger partial charge is 0.310 e. The number of halogens is 1. The van der Waals surface area contributed by atoms with Crippen LogP contribution in [-0.4, -0.2) is 21.0 Å². The number of hydrogen-bond acceptors (Lipinski definition) is 3. The summed E-state index contributed by atoms with van der Waals surface area (Å²) in [4.78, 5) is 0.184. The Balaban J connectivity index is 1.73. The highest BCUT2D eigenvalue weighted by Gasteiger charge is 2.38. The zero-order chi connectivity index (χ0) is 15.1. The Bertz CT molecular complexity index is 637. The molecule has 0 aliphatic heterocycles. The lowest BCUT2D eigenvalue weighted by atomic mass is 10.2. The highest BCUT2D eigenvalue weighted by atomic mass is 35.5. The summed E-state index contributed by atoms with van der Waals surface area (Å²) in [6.07, 6.45) is 4.57. The second kappa shape index (κ2) is 5.54. The summed E-state index contributed by atoms with van der Waals surface area (Å²) in [5.74, 6) is 0. The van der Waals surface area contributed by atoms with Gasteiger partial charge in [-0.3, -0.25) is 0 Å². The van der Waals surface area contributed by atoms with Crippen molar-refractivity contribution in [3.63, 3.8) is 0 Å². The monoisotopic (exact) mass is 328 g/mol. The first-order chi connectivity index (χ1) is 9.88. The van der Waals surface area contributed by atoms with Gasteiger partial charge < -0.3 is 5.32 Å². The molecule has 0 amide bonds. The molecule has 0 atom stereocenters. The second-order valence-corrected chi connectivity index (χ2v) is 8.70. The van der Waals surface area contributed by atoms with Crippen LogP contribution in [0.25, 0.3) is 0 Å². The smallest absolute Gasteiger partial charge is 0.242 e. The minimum absolute atomic E-state index is 0.130. The number of benzene rings is 1. The van der Waals surface area contributed by atoms with Gasteiger partial charge in [-0.05, 0) is 48.8 Å². The molecule has 1 aromatic rings. The molecule has 2 fully saturated rings. The summed E-state index contributed by atoms with van der Waals surface area (Å²) in [5, 5.41) is 3.66. The molecule has 21 heavy (non-hydrogen) atoms. The average Bonchev–Trinajstić information content (AvgIpc) is 3.34. The van der Waals surface area contributed by atoms with E-state index in [1.807, 2.05) is 6.07 Å². The summed E-state index contributed by atoms with van der Waals surface area (Å²) in [6.45, 7) is 3.26. The van der Waals surface area contributed by atoms with Crippen LogP contribution in [0.1, 0.15) is 38.2 Å². The zero-order valence-corrected chi connectivity index (χ0v) is 13.7. The van der Waals surface area contributed by atoms with Crippen LogP contribution in [0.5, 0.6) is 0 Å². The Hall–Kier alpha value is -0.620. The molecule has 0 heterocycles. The Morgan fingerprint density at radius 3 is 2.67 bits per heavy atom. The Kier molecular flexibility index (Phi) is 4.03. The van der Waals surface area contributed by atoms with Crippen LogP contribution in [0.3, 0.4) is 0 Å². The van der Waals surface area contributed by atoms with Crippen molar-refractivity contribution in [2.75, 3.05) is 6.54 Å². The van der Waals surface area contributed by atoms with E-state index < -0.39 is 10.0 Å². The van der Waals surface area contributed by atoms with Gasteiger partial charge in [-0.1, -0.05) is 24.6 Å². The average molecular weight is 329 g/mol. The van der Waals surface area contributed by atoms with Gasteiger partial charge in [0.1, 0.15) is 4.90 Å². The predicted octanol–water partition coefficient (Wildman–Crippen LogP) is 2.67. The SMILES string of the molecule is CC1(CNS(=O)(=O)c2cc(CNC3CC3)ccc2Cl)CC1. The lowest BCUT2D eigenvalue weighted by Gasteiger charge is -2.13. The summed E-state index contributed by atoms with van der Waals surface area (Å²) >= 11 is 6.08. The van der Waals surface area contributed by atoms with E-state index >= 15 is 0 Å². The van der Waals surface area contributed by atoms with Gasteiger partial charge in [0.25, 0.3) is 0 Å². The fourth-order valence-electron chi connectivity index (χ4n) is 2.15. The van der Waals surface area contributed by atoms with Gasteiger partial charge >= 0.3 is 0 Å². The van der Waals surface area contributed by atoms with Gasteiger partial charge in [-0.25, -0.2) is 13.1 Å². The van der Waals surface area contributed by atoms with Gasteiger partial charge in [-0.15, -0.1) is 0 Å². The summed E-state index contributed by atoms with van der Waals surface area (Å²) in [6, 6.07) is 5.81. The van der Waals surface area contributed by atoms with E-state index in [9.17, 15) is 8.42 Å². The van der Waals surface area contributed by atoms with Crippen LogP contribution in [0.15, 0.2) is 23.1 Å². The first-order valence-corrected chi connectivity index (χ1v) is 9.26. The zero-order valence-electron chi connectivity index (χ0n) is 12.2. The van der Waals surface area contributed by atoms with Crippen molar-refractivity contribution in [1.29, 1.82) is 0 Å². The molecule has 0 saturated heterocycles. The van der Waals surface area contributed by atoms with E-state index in [2.05, 4.69) is 17.0 Å². The highest BCUT2D eigenvalue weighted by Crippen LogP contribution is 2.44. The van der Waals surface area contributed by atoms with Crippen molar-refractivity contribution in [3.05, 3.63) is 28.8 Å². The molecule has 2 aliphatic carbocycles. The van der Waals surface area contributed by atoms with Crippen LogP contribution in [0.4, 0.5) is 0 Å². The standard InChI is InChI=1S/C15H21ClN2O2S/c1-15(6-7-15)10-18-21(19,20)14-8-11(2-5-13(14)16)9-17-12-3-4-12/h2,5,8,12,17-18H,3-4,6-7,9-10H2,1H3. The Morgan fingerprint density at radius 1 is 1.33 bits per heavy atom. The van der Waals surface area contributed by atoms with Gasteiger partial charge in [0.15, 0.2) is 0 Å². The number of rotatable bonds is 7. The number of nitrogens with one attached hydrogen (secondary N) is 2. The van der Waals surface area contributed by atoms with E-state index in [1.165, 1.54) is 12.8 Å². The van der Waals surface area contributed by atoms with Crippen LogP contribution in [-0.2, 0) is 16.6 Å². The molecule has 2 saturated carbocycles. The summed E-state index contributed by atoms with van der Waals surface area (Å²) < 4.78 is 27.5. The van der Waals surface area contributed by atoms with Gasteiger partial charge in [-0.2, -0.15) is 0 Å². The maximum Gasteiger partial charge on any atom is 0.242 e. The molecular formula is C15H21ClN2O2S. The quantitative estimate of drug-likeness (QED) is 0.809. The number of hydrogen-bond donors (Lipinski definition) is 2. The minimum Gasteiger partial charge on any atom is -0.310 e. The molecule has 1 aromatic carbocycles. The maximum atomic E-state index is 12.4. The fourth-order valence-corrected chi connectivity index (χ4v) is 3.90. The van der Waals surface area contributed by atoms with Crippen molar-refractivity contribution >= 4 is 21.6 Å². The van der Waals surface area contributed by atoms with E-state index in [4.69, 9.17) is 11.6 Å². The molecule has 0 spiro atoms. The van der Waals surface area contributed by atoms with Gasteiger partial charge in [0.2, 0.25) is 10.0 Å². The fraction of sp³-hybridized carbons (Fsp3) is 0.600. The predicted molar refractivity (Wildman–Crippen MR) is 83.8 cm³/mol. The highest BCUT2D eigenvalue weighted by molar-refractivity contribution is 7.89. The molecule has 6 heteroatoms. The van der Waals surface area contributed by atoms with Gasteiger partial charge in [0.05, 0.1) is 5.02 Å². The lowest BCUT2D eigenvalue weighted by Crippen LogP contribution is -2.29. The number of sulfonamides is 1. The molecule has 0 bridgehead atoms. The third kappa shape index (κ3) is 3.97. The van der Waals surface area contributed by atoms with E-state index in [1.54, 1.807) is 12.1 Å². The van der Waals surface area contributed by atoms with Crippen molar-refractivity contribution in [2.45, 2.75) is 50.1 Å². The van der Waals surface area contributed by atoms with Crippen LogP contribution < -0.4 is 10.0 Å². The van der Waals surface area contributed by atoms with Crippen molar-refractivity contribution in [2.24, 2.45) is 5.41 Å². The normalized spacial score (nSPS) is 20.5. The molecule has 2 aliphatic rings. The molecule has 4 nitrogen and oxygen atoms in total. The van der Waals surface area contributed by atoms with E-state index in [0.29, 0.717) is 19.1 Å². The first kappa shape index (κ1) is 15.3. The Morgan fingerprint density at radius 2 is 2.05 bits per heavy atom. The second-order valence-electron chi connectivity index (χ2n) is 6.56. The van der Waals surface area contributed by atoms with Crippen LogP contribution in [0.2, 0.25) is 5.02 Å². The van der Waals surface area contributed by atoms with Crippen molar-refractivity contribution < 1.29 is 8.42 Å². The Labute approximate surface area is 131 Å². The van der Waals surface area contributed by atoms with Crippen LogP contribution in [0, 0.1) is 5.41 Å². The third-order valence-electron chi connectivity index (χ3n) is 4.25.